The average Bonchev–Trinajstić information content (AvgIpc) is 2.52. The van der Waals surface area contributed by atoms with Gasteiger partial charge in [-0.1, -0.05) is 6.92 Å². The molecule has 1 aliphatic rings. The molecule has 2 unspecified atom stereocenters. The average molecular weight is 242 g/mol. The van der Waals surface area contributed by atoms with Gasteiger partial charge in [-0.05, 0) is 59.5 Å². The summed E-state index contributed by atoms with van der Waals surface area (Å²) in [5, 5.41) is 13.5. The molecule has 17 heavy (non-hydrogen) atoms. The third kappa shape index (κ3) is 5.36. The topological polar surface area (TPSA) is 35.5 Å². The van der Waals surface area contributed by atoms with Gasteiger partial charge in [0.05, 0.1) is 5.60 Å². The predicted octanol–water partition coefficient (Wildman–Crippen LogP) is 2.00. The van der Waals surface area contributed by atoms with Crippen LogP contribution < -0.4 is 5.32 Å². The number of nitrogens with one attached hydrogen (secondary N) is 1. The first-order valence-corrected chi connectivity index (χ1v) is 7.14. The van der Waals surface area contributed by atoms with Crippen molar-refractivity contribution in [1.29, 1.82) is 0 Å². The molecule has 102 valence electrons. The normalized spacial score (nSPS) is 26.8. The molecule has 1 aliphatic heterocycles. The molecule has 0 bridgehead atoms. The Kier molecular flexibility index (Phi) is 5.90. The second-order valence-corrected chi connectivity index (χ2v) is 5.99. The summed E-state index contributed by atoms with van der Waals surface area (Å²) in [4.78, 5) is 2.56. The maximum atomic E-state index is 9.99. The van der Waals surface area contributed by atoms with E-state index in [0.717, 1.165) is 13.0 Å². The summed E-state index contributed by atoms with van der Waals surface area (Å²) in [5.74, 6) is 0. The van der Waals surface area contributed by atoms with E-state index in [1.807, 2.05) is 13.8 Å². The zero-order valence-corrected chi connectivity index (χ0v) is 12.0. The molecule has 0 aromatic heterocycles. The van der Waals surface area contributed by atoms with E-state index < -0.39 is 5.60 Å². The lowest BCUT2D eigenvalue weighted by atomic mass is 10.0. The quantitative estimate of drug-likeness (QED) is 0.774. The third-order valence-electron chi connectivity index (χ3n) is 4.03. The van der Waals surface area contributed by atoms with Crippen molar-refractivity contribution in [2.45, 2.75) is 71.1 Å². The van der Waals surface area contributed by atoms with Crippen LogP contribution in [0.25, 0.3) is 0 Å². The summed E-state index contributed by atoms with van der Waals surface area (Å²) in [7, 11) is 0. The van der Waals surface area contributed by atoms with Crippen molar-refractivity contribution in [2.75, 3.05) is 19.6 Å². The minimum atomic E-state index is -0.552. The van der Waals surface area contributed by atoms with Gasteiger partial charge in [0.25, 0.3) is 0 Å². The van der Waals surface area contributed by atoms with Crippen molar-refractivity contribution < 1.29 is 5.11 Å². The maximum absolute atomic E-state index is 9.99. The fourth-order valence-corrected chi connectivity index (χ4v) is 2.33. The van der Waals surface area contributed by atoms with Crippen molar-refractivity contribution in [3.05, 3.63) is 0 Å². The number of likely N-dealkylation sites (tertiary alicyclic amines) is 1. The number of hydrogen-bond acceptors (Lipinski definition) is 3. The molecule has 3 heteroatoms. The van der Waals surface area contributed by atoms with Gasteiger partial charge in [-0.3, -0.25) is 0 Å². The van der Waals surface area contributed by atoms with Crippen LogP contribution in [0.4, 0.5) is 0 Å². The van der Waals surface area contributed by atoms with E-state index in [4.69, 9.17) is 0 Å². The molecule has 1 rings (SSSR count). The Bertz CT molecular complexity index is 216. The van der Waals surface area contributed by atoms with Gasteiger partial charge in [-0.25, -0.2) is 0 Å². The fourth-order valence-electron chi connectivity index (χ4n) is 2.33. The Hall–Kier alpha value is -0.120. The van der Waals surface area contributed by atoms with Crippen LogP contribution in [0.2, 0.25) is 0 Å². The first-order valence-electron chi connectivity index (χ1n) is 7.14. The Morgan fingerprint density at radius 1 is 1.35 bits per heavy atom. The van der Waals surface area contributed by atoms with E-state index >= 15 is 0 Å². The molecule has 0 amide bonds. The maximum Gasteiger partial charge on any atom is 0.0741 e. The van der Waals surface area contributed by atoms with Crippen molar-refractivity contribution >= 4 is 0 Å². The molecule has 0 spiro atoms. The minimum absolute atomic E-state index is 0.552. The van der Waals surface area contributed by atoms with Crippen LogP contribution >= 0.6 is 0 Å². The summed E-state index contributed by atoms with van der Waals surface area (Å²) in [6, 6.07) is 1.24. The van der Waals surface area contributed by atoms with Gasteiger partial charge in [-0.2, -0.15) is 0 Å². The molecule has 3 nitrogen and oxygen atoms in total. The number of rotatable bonds is 5. The van der Waals surface area contributed by atoms with E-state index in [-0.39, 0.29) is 0 Å². The minimum Gasteiger partial charge on any atom is -0.389 e. The predicted molar refractivity (Wildman–Crippen MR) is 73.3 cm³/mol. The largest absolute Gasteiger partial charge is 0.389 e. The summed E-state index contributed by atoms with van der Waals surface area (Å²) in [5.41, 5.74) is -0.552. The Morgan fingerprint density at radius 2 is 2.06 bits per heavy atom. The first-order chi connectivity index (χ1) is 7.94. The molecular weight excluding hydrogens is 212 g/mol. The lowest BCUT2D eigenvalue weighted by molar-refractivity contribution is 0.0522. The molecular formula is C14H30N2O. The van der Waals surface area contributed by atoms with Crippen LogP contribution in [0.15, 0.2) is 0 Å². The molecule has 1 fully saturated rings. The van der Waals surface area contributed by atoms with Crippen LogP contribution in [0.1, 0.15) is 53.4 Å². The summed E-state index contributed by atoms with van der Waals surface area (Å²) >= 11 is 0. The summed E-state index contributed by atoms with van der Waals surface area (Å²) in [6.45, 7) is 11.6. The molecule has 0 saturated carbocycles. The van der Waals surface area contributed by atoms with Crippen LogP contribution in [0.3, 0.4) is 0 Å². The molecule has 1 saturated heterocycles. The summed E-state index contributed by atoms with van der Waals surface area (Å²) in [6.07, 6.45) is 4.52. The highest BCUT2D eigenvalue weighted by Gasteiger charge is 2.22. The zero-order valence-electron chi connectivity index (χ0n) is 12.0. The summed E-state index contributed by atoms with van der Waals surface area (Å²) < 4.78 is 0. The second kappa shape index (κ2) is 6.72. The Balaban J connectivity index is 2.32. The molecule has 0 aliphatic carbocycles. The monoisotopic (exact) mass is 242 g/mol. The van der Waals surface area contributed by atoms with E-state index in [0.29, 0.717) is 12.1 Å². The second-order valence-electron chi connectivity index (χ2n) is 5.99. The fraction of sp³-hybridized carbons (Fsp3) is 1.00. The highest BCUT2D eigenvalue weighted by molar-refractivity contribution is 4.80. The van der Waals surface area contributed by atoms with Crippen LogP contribution in [-0.4, -0.2) is 47.3 Å². The Labute approximate surface area is 107 Å². The highest BCUT2D eigenvalue weighted by atomic mass is 16.3. The van der Waals surface area contributed by atoms with Gasteiger partial charge < -0.3 is 15.3 Å². The molecule has 0 aromatic carbocycles. The van der Waals surface area contributed by atoms with Gasteiger partial charge in [0.2, 0.25) is 0 Å². The third-order valence-corrected chi connectivity index (χ3v) is 4.03. The van der Waals surface area contributed by atoms with E-state index in [1.54, 1.807) is 0 Å². The van der Waals surface area contributed by atoms with Crippen LogP contribution in [-0.2, 0) is 0 Å². The lowest BCUT2D eigenvalue weighted by Crippen LogP contribution is -2.42. The van der Waals surface area contributed by atoms with Gasteiger partial charge in [0.15, 0.2) is 0 Å². The molecule has 2 N–H and O–H groups in total. The molecule has 2 atom stereocenters. The van der Waals surface area contributed by atoms with Gasteiger partial charge >= 0.3 is 0 Å². The van der Waals surface area contributed by atoms with E-state index in [1.165, 1.54) is 32.4 Å². The molecule has 1 heterocycles. The van der Waals surface area contributed by atoms with Gasteiger partial charge in [-0.15, -0.1) is 0 Å². The van der Waals surface area contributed by atoms with Gasteiger partial charge in [0, 0.05) is 18.6 Å². The van der Waals surface area contributed by atoms with E-state index in [9.17, 15) is 5.11 Å². The number of aliphatic hydroxyl groups is 1. The van der Waals surface area contributed by atoms with Crippen LogP contribution in [0, 0.1) is 0 Å². The van der Waals surface area contributed by atoms with Crippen molar-refractivity contribution in [3.63, 3.8) is 0 Å². The van der Waals surface area contributed by atoms with Crippen molar-refractivity contribution in [1.82, 2.24) is 10.2 Å². The molecule has 0 aromatic rings. The first kappa shape index (κ1) is 14.9. The van der Waals surface area contributed by atoms with E-state index in [2.05, 4.69) is 24.1 Å². The number of nitrogens with zero attached hydrogens (tertiary/aromatic N) is 1. The Morgan fingerprint density at radius 3 is 2.65 bits per heavy atom. The SMILES string of the molecule is CCC(C)(O)CNC1CCCN(C(C)C)CC1. The smallest absolute Gasteiger partial charge is 0.0741 e. The van der Waals surface area contributed by atoms with Crippen molar-refractivity contribution in [3.8, 4) is 0 Å². The van der Waals surface area contributed by atoms with Crippen molar-refractivity contribution in [2.24, 2.45) is 0 Å². The lowest BCUT2D eigenvalue weighted by Gasteiger charge is -2.26. The molecule has 0 radical (unpaired) electrons. The van der Waals surface area contributed by atoms with Gasteiger partial charge in [0.1, 0.15) is 0 Å². The highest BCUT2D eigenvalue weighted by Crippen LogP contribution is 2.14. The number of hydrogen-bond donors (Lipinski definition) is 2. The van der Waals surface area contributed by atoms with Crippen LogP contribution in [0.5, 0.6) is 0 Å². The zero-order chi connectivity index (χ0) is 12.9. The standard InChI is InChI=1S/C14H30N2O/c1-5-14(4,17)11-15-13-7-6-9-16(10-8-13)12(2)3/h12-13,15,17H,5-11H2,1-4H3.